The molecule has 0 radical (unpaired) electrons. The van der Waals surface area contributed by atoms with Crippen LogP contribution in [0.25, 0.3) is 16.2 Å². The van der Waals surface area contributed by atoms with Crippen LogP contribution in [0.3, 0.4) is 0 Å². The second-order valence-corrected chi connectivity index (χ2v) is 6.84. The Morgan fingerprint density at radius 1 is 1.42 bits per heavy atom. The van der Waals surface area contributed by atoms with E-state index in [1.807, 2.05) is 0 Å². The molecule has 3 aromatic rings. The molecule has 0 amide bonds. The van der Waals surface area contributed by atoms with Crippen LogP contribution in [-0.2, 0) is 4.74 Å². The standard InChI is InChI=1S/C17H15N3O5S/c1-9(2)25-16(22)15-10(3)19-13(8-21)14(18-17(19)26-15)11-5-4-6-12(7-11)20(23)24/h4-9H,1-3H3. The molecule has 0 aliphatic heterocycles. The molecule has 0 saturated carbocycles. The van der Waals surface area contributed by atoms with Crippen LogP contribution in [0.5, 0.6) is 0 Å². The zero-order valence-corrected chi connectivity index (χ0v) is 15.1. The van der Waals surface area contributed by atoms with Crippen molar-refractivity contribution in [2.24, 2.45) is 0 Å². The number of ether oxygens (including phenoxy) is 1. The number of nitrogens with zero attached hydrogens (tertiary/aromatic N) is 3. The number of aromatic nitrogens is 2. The minimum Gasteiger partial charge on any atom is -0.459 e. The van der Waals surface area contributed by atoms with Crippen molar-refractivity contribution in [3.05, 3.63) is 50.6 Å². The highest BCUT2D eigenvalue weighted by atomic mass is 32.1. The number of nitro groups is 1. The fourth-order valence-electron chi connectivity index (χ4n) is 2.62. The number of non-ortho nitro benzene ring substituents is 1. The predicted octanol–water partition coefficient (Wildman–Crippen LogP) is 3.66. The summed E-state index contributed by atoms with van der Waals surface area (Å²) in [7, 11) is 0. The number of hydrogen-bond donors (Lipinski definition) is 0. The van der Waals surface area contributed by atoms with E-state index in [0.29, 0.717) is 33.1 Å². The van der Waals surface area contributed by atoms with Gasteiger partial charge >= 0.3 is 5.97 Å². The van der Waals surface area contributed by atoms with E-state index in [4.69, 9.17) is 4.74 Å². The van der Waals surface area contributed by atoms with Crippen molar-refractivity contribution in [3.63, 3.8) is 0 Å². The molecular formula is C17H15N3O5S. The van der Waals surface area contributed by atoms with Crippen LogP contribution in [0.2, 0.25) is 0 Å². The van der Waals surface area contributed by atoms with Gasteiger partial charge < -0.3 is 4.74 Å². The van der Waals surface area contributed by atoms with Crippen LogP contribution in [0.4, 0.5) is 5.69 Å². The Labute approximate surface area is 152 Å². The monoisotopic (exact) mass is 373 g/mol. The molecule has 8 nitrogen and oxygen atoms in total. The molecule has 3 rings (SSSR count). The summed E-state index contributed by atoms with van der Waals surface area (Å²) in [5.41, 5.74) is 1.48. The maximum atomic E-state index is 12.2. The lowest BCUT2D eigenvalue weighted by Gasteiger charge is -2.07. The van der Waals surface area contributed by atoms with Gasteiger partial charge in [0.2, 0.25) is 0 Å². The summed E-state index contributed by atoms with van der Waals surface area (Å²) in [6.07, 6.45) is 0.369. The largest absolute Gasteiger partial charge is 0.459 e. The maximum absolute atomic E-state index is 12.2. The van der Waals surface area contributed by atoms with E-state index < -0.39 is 10.9 Å². The summed E-state index contributed by atoms with van der Waals surface area (Å²) in [5, 5.41) is 11.0. The predicted molar refractivity (Wildman–Crippen MR) is 95.8 cm³/mol. The van der Waals surface area contributed by atoms with Gasteiger partial charge in [-0.05, 0) is 20.8 Å². The molecule has 134 valence electrons. The summed E-state index contributed by atoms with van der Waals surface area (Å²) in [6, 6.07) is 5.92. The number of hydrogen-bond acceptors (Lipinski definition) is 7. The Bertz CT molecular complexity index is 1030. The van der Waals surface area contributed by atoms with Crippen LogP contribution in [0, 0.1) is 17.0 Å². The molecule has 26 heavy (non-hydrogen) atoms. The first kappa shape index (κ1) is 17.7. The van der Waals surface area contributed by atoms with Gasteiger partial charge in [0.05, 0.1) is 11.0 Å². The summed E-state index contributed by atoms with van der Waals surface area (Å²) in [5.74, 6) is -0.471. The van der Waals surface area contributed by atoms with Crippen molar-refractivity contribution in [2.75, 3.05) is 0 Å². The molecule has 0 aliphatic carbocycles. The Morgan fingerprint density at radius 2 is 2.15 bits per heavy atom. The van der Waals surface area contributed by atoms with Gasteiger partial charge in [0.1, 0.15) is 16.3 Å². The highest BCUT2D eigenvalue weighted by Gasteiger charge is 2.24. The number of thiazole rings is 1. The van der Waals surface area contributed by atoms with Gasteiger partial charge in [0.25, 0.3) is 5.69 Å². The quantitative estimate of drug-likeness (QED) is 0.293. The van der Waals surface area contributed by atoms with Crippen LogP contribution in [0.1, 0.15) is 39.7 Å². The minimum atomic E-state index is -0.506. The maximum Gasteiger partial charge on any atom is 0.350 e. The fourth-order valence-corrected chi connectivity index (χ4v) is 3.63. The third-order valence-corrected chi connectivity index (χ3v) is 4.83. The number of aryl methyl sites for hydroxylation is 1. The van der Waals surface area contributed by atoms with Gasteiger partial charge in [-0.25, -0.2) is 9.78 Å². The van der Waals surface area contributed by atoms with Crippen LogP contribution in [-0.4, -0.2) is 32.7 Å². The van der Waals surface area contributed by atoms with E-state index in [1.54, 1.807) is 31.2 Å². The third-order valence-electron chi connectivity index (χ3n) is 3.71. The number of fused-ring (bicyclic) bond motifs is 1. The fraction of sp³-hybridized carbons (Fsp3) is 0.235. The third kappa shape index (κ3) is 2.97. The summed E-state index contributed by atoms with van der Waals surface area (Å²) in [4.78, 5) is 39.6. The Morgan fingerprint density at radius 3 is 2.77 bits per heavy atom. The molecule has 0 saturated heterocycles. The van der Waals surface area contributed by atoms with Crippen molar-refractivity contribution in [1.29, 1.82) is 0 Å². The van der Waals surface area contributed by atoms with Crippen molar-refractivity contribution < 1.29 is 19.2 Å². The molecule has 0 fully saturated rings. The zero-order valence-electron chi connectivity index (χ0n) is 14.3. The van der Waals surface area contributed by atoms with Crippen molar-refractivity contribution in [1.82, 2.24) is 9.38 Å². The second kappa shape index (κ2) is 6.68. The van der Waals surface area contributed by atoms with Crippen molar-refractivity contribution in [2.45, 2.75) is 26.9 Å². The Balaban J connectivity index is 2.15. The van der Waals surface area contributed by atoms with Crippen LogP contribution in [0.15, 0.2) is 24.3 Å². The molecule has 0 bridgehead atoms. The van der Waals surface area contributed by atoms with Crippen molar-refractivity contribution >= 4 is 34.2 Å². The number of rotatable bonds is 5. The Kier molecular flexibility index (Phi) is 4.56. The first-order valence-electron chi connectivity index (χ1n) is 7.76. The van der Waals surface area contributed by atoms with E-state index >= 15 is 0 Å². The lowest BCUT2D eigenvalue weighted by Crippen LogP contribution is -2.11. The second-order valence-electron chi connectivity index (χ2n) is 5.86. The molecule has 1 aromatic carbocycles. The first-order valence-corrected chi connectivity index (χ1v) is 8.58. The molecule has 2 heterocycles. The number of imidazole rings is 1. The van der Waals surface area contributed by atoms with Gasteiger partial charge in [-0.15, -0.1) is 0 Å². The molecule has 9 heteroatoms. The van der Waals surface area contributed by atoms with Gasteiger partial charge in [-0.2, -0.15) is 0 Å². The number of carbonyl (C=O) groups excluding carboxylic acids is 2. The number of aldehydes is 1. The number of esters is 1. The van der Waals surface area contributed by atoms with E-state index in [-0.39, 0.29) is 17.5 Å². The van der Waals surface area contributed by atoms with Gasteiger partial charge in [0.15, 0.2) is 11.2 Å². The van der Waals surface area contributed by atoms with E-state index in [2.05, 4.69) is 4.98 Å². The Hall–Kier alpha value is -3.07. The van der Waals surface area contributed by atoms with Gasteiger partial charge in [-0.1, -0.05) is 23.5 Å². The smallest absolute Gasteiger partial charge is 0.350 e. The number of nitro benzene ring substituents is 1. The highest BCUT2D eigenvalue weighted by Crippen LogP contribution is 2.32. The molecule has 0 spiro atoms. The summed E-state index contributed by atoms with van der Waals surface area (Å²) < 4.78 is 6.79. The number of carbonyl (C=O) groups is 2. The average molecular weight is 373 g/mol. The van der Waals surface area contributed by atoms with E-state index in [9.17, 15) is 19.7 Å². The minimum absolute atomic E-state index is 0.0892. The van der Waals surface area contributed by atoms with E-state index in [1.165, 1.54) is 18.2 Å². The molecular weight excluding hydrogens is 358 g/mol. The molecule has 0 aliphatic rings. The normalized spacial score (nSPS) is 11.1. The van der Waals surface area contributed by atoms with Gasteiger partial charge in [-0.3, -0.25) is 19.3 Å². The zero-order chi connectivity index (χ0) is 19.0. The summed E-state index contributed by atoms with van der Waals surface area (Å²) >= 11 is 1.11. The van der Waals surface area contributed by atoms with Gasteiger partial charge in [0, 0.05) is 23.4 Å². The molecule has 2 aromatic heterocycles. The summed E-state index contributed by atoms with van der Waals surface area (Å²) in [6.45, 7) is 5.21. The SMILES string of the molecule is Cc1c(C(=O)OC(C)C)sc2nc(-c3cccc([N+](=O)[O-])c3)c(C=O)n12. The lowest BCUT2D eigenvalue weighted by atomic mass is 10.1. The average Bonchev–Trinajstić information content (AvgIpc) is 3.11. The molecule has 0 N–H and O–H groups in total. The lowest BCUT2D eigenvalue weighted by molar-refractivity contribution is -0.384. The highest BCUT2D eigenvalue weighted by molar-refractivity contribution is 7.19. The van der Waals surface area contributed by atoms with Crippen LogP contribution < -0.4 is 0 Å². The van der Waals surface area contributed by atoms with Crippen molar-refractivity contribution in [3.8, 4) is 11.3 Å². The first-order chi connectivity index (χ1) is 12.3. The molecule has 0 atom stereocenters. The van der Waals surface area contributed by atoms with E-state index in [0.717, 1.165) is 11.3 Å². The van der Waals surface area contributed by atoms with Crippen LogP contribution >= 0.6 is 11.3 Å². The molecule has 0 unspecified atom stereocenters. The topological polar surface area (TPSA) is 104 Å². The number of benzene rings is 1.